The molecular weight excluding hydrogens is 172 g/mol. The number of benzene rings is 1. The van der Waals surface area contributed by atoms with Gasteiger partial charge in [0.1, 0.15) is 0 Å². The van der Waals surface area contributed by atoms with Gasteiger partial charge in [-0.2, -0.15) is 0 Å². The molecule has 0 saturated heterocycles. The molecule has 0 spiro atoms. The van der Waals surface area contributed by atoms with E-state index in [0.29, 0.717) is 0 Å². The zero-order chi connectivity index (χ0) is 9.80. The van der Waals surface area contributed by atoms with Crippen LogP contribution in [0.1, 0.15) is 12.0 Å². The molecule has 2 rings (SSSR count). The molecule has 14 heavy (non-hydrogen) atoms. The van der Waals surface area contributed by atoms with E-state index in [1.54, 1.807) is 0 Å². The van der Waals surface area contributed by atoms with Gasteiger partial charge < -0.3 is 5.73 Å². The fourth-order valence-electron chi connectivity index (χ4n) is 1.75. The predicted octanol–water partition coefficient (Wildman–Crippen LogP) is 2.03. The average molecular weight is 188 g/mol. The molecule has 1 aromatic rings. The molecule has 1 aliphatic rings. The Hall–Kier alpha value is -1.28. The summed E-state index contributed by atoms with van der Waals surface area (Å²) in [4.78, 5) is 2.41. The lowest BCUT2D eigenvalue weighted by atomic mass is 10.1. The highest BCUT2D eigenvalue weighted by Crippen LogP contribution is 2.14. The molecule has 74 valence electrons. The molecular formula is C12H16N2. The van der Waals surface area contributed by atoms with Crippen LogP contribution in [0.4, 0.5) is 5.69 Å². The van der Waals surface area contributed by atoms with Crippen molar-refractivity contribution in [3.8, 4) is 0 Å². The molecule has 0 radical (unpaired) electrons. The van der Waals surface area contributed by atoms with E-state index in [2.05, 4.69) is 23.1 Å². The van der Waals surface area contributed by atoms with Gasteiger partial charge in [0.05, 0.1) is 0 Å². The average Bonchev–Trinajstić information content (AvgIpc) is 2.23. The molecule has 0 aliphatic carbocycles. The first-order valence-corrected chi connectivity index (χ1v) is 5.07. The summed E-state index contributed by atoms with van der Waals surface area (Å²) in [6.07, 6.45) is 5.63. The Balaban J connectivity index is 2.03. The topological polar surface area (TPSA) is 29.3 Å². The summed E-state index contributed by atoms with van der Waals surface area (Å²) in [5.41, 5.74) is 8.04. The van der Waals surface area contributed by atoms with Crippen molar-refractivity contribution in [1.82, 2.24) is 4.90 Å². The van der Waals surface area contributed by atoms with Crippen molar-refractivity contribution in [1.29, 1.82) is 0 Å². The molecule has 2 nitrogen and oxygen atoms in total. The van der Waals surface area contributed by atoms with E-state index in [0.717, 1.165) is 31.7 Å². The highest BCUT2D eigenvalue weighted by atomic mass is 15.1. The summed E-state index contributed by atoms with van der Waals surface area (Å²) in [6, 6.07) is 8.10. The Morgan fingerprint density at radius 1 is 1.21 bits per heavy atom. The van der Waals surface area contributed by atoms with Gasteiger partial charge in [-0.15, -0.1) is 0 Å². The van der Waals surface area contributed by atoms with Crippen molar-refractivity contribution < 1.29 is 0 Å². The molecule has 0 aromatic heterocycles. The molecule has 1 aliphatic heterocycles. The Morgan fingerprint density at radius 3 is 2.79 bits per heavy atom. The largest absolute Gasteiger partial charge is 0.398 e. The van der Waals surface area contributed by atoms with Gasteiger partial charge in [-0.25, -0.2) is 0 Å². The Labute approximate surface area is 85.0 Å². The SMILES string of the molecule is Nc1ccccc1CN1CC=CCC1. The van der Waals surface area contributed by atoms with Crippen LogP contribution >= 0.6 is 0 Å². The molecule has 1 heterocycles. The number of nitrogen functional groups attached to an aromatic ring is 1. The molecule has 1 aromatic carbocycles. The first-order valence-electron chi connectivity index (χ1n) is 5.07. The highest BCUT2D eigenvalue weighted by Gasteiger charge is 2.07. The summed E-state index contributed by atoms with van der Waals surface area (Å²) in [5.74, 6) is 0. The van der Waals surface area contributed by atoms with Crippen LogP contribution in [0.2, 0.25) is 0 Å². The number of hydrogen-bond donors (Lipinski definition) is 1. The third-order valence-electron chi connectivity index (χ3n) is 2.59. The van der Waals surface area contributed by atoms with Crippen LogP contribution in [0.25, 0.3) is 0 Å². The summed E-state index contributed by atoms with van der Waals surface area (Å²) in [5, 5.41) is 0. The van der Waals surface area contributed by atoms with E-state index in [-0.39, 0.29) is 0 Å². The van der Waals surface area contributed by atoms with Crippen LogP contribution in [0.3, 0.4) is 0 Å². The number of nitrogens with two attached hydrogens (primary N) is 1. The van der Waals surface area contributed by atoms with E-state index in [1.807, 2.05) is 18.2 Å². The maximum Gasteiger partial charge on any atom is 0.0359 e. The van der Waals surface area contributed by atoms with E-state index < -0.39 is 0 Å². The summed E-state index contributed by atoms with van der Waals surface area (Å²) in [7, 11) is 0. The van der Waals surface area contributed by atoms with Crippen LogP contribution in [0.15, 0.2) is 36.4 Å². The lowest BCUT2D eigenvalue weighted by Gasteiger charge is -2.23. The quantitative estimate of drug-likeness (QED) is 0.568. The van der Waals surface area contributed by atoms with E-state index in [1.165, 1.54) is 5.56 Å². The molecule has 0 bridgehead atoms. The van der Waals surface area contributed by atoms with Gasteiger partial charge in [0.15, 0.2) is 0 Å². The second-order valence-electron chi connectivity index (χ2n) is 3.69. The van der Waals surface area contributed by atoms with Crippen LogP contribution in [0, 0.1) is 0 Å². The van der Waals surface area contributed by atoms with Crippen molar-refractivity contribution in [3.05, 3.63) is 42.0 Å². The van der Waals surface area contributed by atoms with Gasteiger partial charge in [0.2, 0.25) is 0 Å². The van der Waals surface area contributed by atoms with E-state index in [9.17, 15) is 0 Å². The summed E-state index contributed by atoms with van der Waals surface area (Å²) in [6.45, 7) is 3.16. The van der Waals surface area contributed by atoms with Crippen LogP contribution in [-0.4, -0.2) is 18.0 Å². The minimum absolute atomic E-state index is 0.905. The van der Waals surface area contributed by atoms with Gasteiger partial charge in [-0.3, -0.25) is 4.90 Å². The number of anilines is 1. The Bertz CT molecular complexity index is 331. The number of hydrogen-bond acceptors (Lipinski definition) is 2. The number of nitrogens with zero attached hydrogens (tertiary/aromatic N) is 1. The Morgan fingerprint density at radius 2 is 2.07 bits per heavy atom. The fourth-order valence-corrected chi connectivity index (χ4v) is 1.75. The van der Waals surface area contributed by atoms with Crippen molar-refractivity contribution in [2.24, 2.45) is 0 Å². The van der Waals surface area contributed by atoms with E-state index >= 15 is 0 Å². The predicted molar refractivity (Wildman–Crippen MR) is 59.9 cm³/mol. The van der Waals surface area contributed by atoms with Crippen LogP contribution in [-0.2, 0) is 6.54 Å². The minimum Gasteiger partial charge on any atom is -0.398 e. The van der Waals surface area contributed by atoms with Crippen molar-refractivity contribution in [2.45, 2.75) is 13.0 Å². The Kier molecular flexibility index (Phi) is 2.84. The standard InChI is InChI=1S/C12H16N2/c13-12-7-3-2-6-11(12)10-14-8-4-1-5-9-14/h1-4,6-7H,5,8-10,13H2. The van der Waals surface area contributed by atoms with Gasteiger partial charge in [-0.05, 0) is 18.1 Å². The second kappa shape index (κ2) is 4.29. The van der Waals surface area contributed by atoms with Crippen molar-refractivity contribution >= 4 is 5.69 Å². The van der Waals surface area contributed by atoms with Crippen molar-refractivity contribution in [3.63, 3.8) is 0 Å². The first kappa shape index (κ1) is 9.28. The van der Waals surface area contributed by atoms with Crippen molar-refractivity contribution in [2.75, 3.05) is 18.8 Å². The van der Waals surface area contributed by atoms with Gasteiger partial charge in [-0.1, -0.05) is 30.4 Å². The second-order valence-corrected chi connectivity index (χ2v) is 3.69. The first-order chi connectivity index (χ1) is 6.86. The van der Waals surface area contributed by atoms with Crippen LogP contribution < -0.4 is 5.73 Å². The van der Waals surface area contributed by atoms with Crippen LogP contribution in [0.5, 0.6) is 0 Å². The molecule has 0 unspecified atom stereocenters. The zero-order valence-electron chi connectivity index (χ0n) is 8.32. The molecule has 0 amide bonds. The number of para-hydroxylation sites is 1. The van der Waals surface area contributed by atoms with E-state index in [4.69, 9.17) is 5.73 Å². The van der Waals surface area contributed by atoms with Gasteiger partial charge in [0, 0.05) is 25.3 Å². The van der Waals surface area contributed by atoms with Gasteiger partial charge >= 0.3 is 0 Å². The smallest absolute Gasteiger partial charge is 0.0359 e. The monoisotopic (exact) mass is 188 g/mol. The third kappa shape index (κ3) is 2.15. The molecule has 0 fully saturated rings. The van der Waals surface area contributed by atoms with Gasteiger partial charge in [0.25, 0.3) is 0 Å². The minimum atomic E-state index is 0.905. The zero-order valence-corrected chi connectivity index (χ0v) is 8.32. The summed E-state index contributed by atoms with van der Waals surface area (Å²) >= 11 is 0. The lowest BCUT2D eigenvalue weighted by molar-refractivity contribution is 0.291. The summed E-state index contributed by atoms with van der Waals surface area (Å²) < 4.78 is 0. The maximum absolute atomic E-state index is 5.89. The number of rotatable bonds is 2. The highest BCUT2D eigenvalue weighted by molar-refractivity contribution is 5.46. The normalized spacial score (nSPS) is 17.1. The molecule has 0 saturated carbocycles. The molecule has 2 heteroatoms. The fraction of sp³-hybridized carbons (Fsp3) is 0.333. The molecule has 2 N–H and O–H groups in total. The maximum atomic E-state index is 5.89. The molecule has 0 atom stereocenters. The lowest BCUT2D eigenvalue weighted by Crippen LogP contribution is -2.26. The third-order valence-corrected chi connectivity index (χ3v) is 2.59.